The molecule has 0 radical (unpaired) electrons. The number of hydrogen-bond acceptors (Lipinski definition) is 3. The average molecular weight is 230 g/mol. The smallest absolute Gasteiger partial charge is 0.330 e. The highest BCUT2D eigenvalue weighted by Gasteiger charge is 2.01. The van der Waals surface area contributed by atoms with Crippen LogP contribution >= 0.6 is 11.6 Å². The zero-order valence-electron chi connectivity index (χ0n) is 8.04. The summed E-state index contributed by atoms with van der Waals surface area (Å²) in [7, 11) is 0. The summed E-state index contributed by atoms with van der Waals surface area (Å²) in [6.45, 7) is 1.97. The lowest BCUT2D eigenvalue weighted by atomic mass is 10.2. The highest BCUT2D eigenvalue weighted by Crippen LogP contribution is 2.13. The number of esters is 1. The minimum absolute atomic E-state index is 0.167. The van der Waals surface area contributed by atoms with Gasteiger partial charge in [-0.1, -0.05) is 11.6 Å². The molecule has 80 valence electrons. The van der Waals surface area contributed by atoms with Gasteiger partial charge in [-0.3, -0.25) is 0 Å². The molecule has 0 saturated heterocycles. The van der Waals surface area contributed by atoms with Crippen molar-refractivity contribution in [1.82, 2.24) is 4.98 Å². The summed E-state index contributed by atoms with van der Waals surface area (Å²) in [5, 5.41) is 0.167. The molecule has 1 rings (SSSR count). The number of nitrogens with zero attached hydrogens (tertiary/aromatic N) is 1. The number of rotatable bonds is 3. The first-order valence-electron chi connectivity index (χ1n) is 4.29. The van der Waals surface area contributed by atoms with Crippen LogP contribution in [0.4, 0.5) is 4.39 Å². The predicted molar refractivity (Wildman–Crippen MR) is 54.9 cm³/mol. The molecule has 15 heavy (non-hydrogen) atoms. The Hall–Kier alpha value is -1.42. The van der Waals surface area contributed by atoms with E-state index in [0.29, 0.717) is 0 Å². The second-order valence-electron chi connectivity index (χ2n) is 2.61. The fourth-order valence-electron chi connectivity index (χ4n) is 0.903. The van der Waals surface area contributed by atoms with E-state index >= 15 is 0 Å². The summed E-state index contributed by atoms with van der Waals surface area (Å²) in [5.74, 6) is -1.07. The van der Waals surface area contributed by atoms with E-state index in [9.17, 15) is 9.18 Å². The van der Waals surface area contributed by atoms with Gasteiger partial charge in [-0.15, -0.1) is 0 Å². The van der Waals surface area contributed by atoms with Crippen molar-refractivity contribution in [1.29, 1.82) is 0 Å². The van der Waals surface area contributed by atoms with E-state index in [2.05, 4.69) is 9.72 Å². The minimum atomic E-state index is -0.542. The summed E-state index contributed by atoms with van der Waals surface area (Å²) in [6.07, 6.45) is 3.42. The summed E-state index contributed by atoms with van der Waals surface area (Å²) in [5.41, 5.74) is 0.197. The maximum atomic E-state index is 13.1. The number of carbonyl (C=O) groups excluding carboxylic acids is 1. The third-order valence-electron chi connectivity index (χ3n) is 1.54. The topological polar surface area (TPSA) is 39.2 Å². The fraction of sp³-hybridized carbons (Fsp3) is 0.200. The molecule has 0 bridgehead atoms. The van der Waals surface area contributed by atoms with Crippen LogP contribution in [0.3, 0.4) is 0 Å². The Morgan fingerprint density at radius 2 is 2.47 bits per heavy atom. The quantitative estimate of drug-likeness (QED) is 0.454. The van der Waals surface area contributed by atoms with E-state index in [1.54, 1.807) is 6.92 Å². The van der Waals surface area contributed by atoms with Crippen LogP contribution < -0.4 is 0 Å². The van der Waals surface area contributed by atoms with Crippen molar-refractivity contribution in [3.63, 3.8) is 0 Å². The molecule has 0 aliphatic rings. The molecule has 0 spiro atoms. The number of ether oxygens (including phenoxy) is 1. The van der Waals surface area contributed by atoms with E-state index < -0.39 is 11.8 Å². The van der Waals surface area contributed by atoms with E-state index in [1.165, 1.54) is 12.1 Å². The molecule has 0 amide bonds. The molecule has 1 aromatic rings. The van der Waals surface area contributed by atoms with Gasteiger partial charge in [0.1, 0.15) is 11.0 Å². The Bertz CT molecular complexity index is 393. The highest BCUT2D eigenvalue weighted by molar-refractivity contribution is 6.29. The second-order valence-corrected chi connectivity index (χ2v) is 3.00. The Kier molecular flexibility index (Phi) is 4.24. The molecule has 1 aromatic heterocycles. The summed E-state index contributed by atoms with van der Waals surface area (Å²) >= 11 is 5.57. The SMILES string of the molecule is CCOC(=O)C=Cc1cc(Cl)ncc1F. The van der Waals surface area contributed by atoms with Gasteiger partial charge >= 0.3 is 5.97 Å². The fourth-order valence-corrected chi connectivity index (χ4v) is 1.07. The Labute approximate surface area is 91.5 Å². The van der Waals surface area contributed by atoms with Gasteiger partial charge in [0.15, 0.2) is 0 Å². The minimum Gasteiger partial charge on any atom is -0.463 e. The molecule has 0 saturated carbocycles. The van der Waals surface area contributed by atoms with Crippen LogP contribution in [0.2, 0.25) is 5.15 Å². The van der Waals surface area contributed by atoms with E-state index in [0.717, 1.165) is 12.3 Å². The monoisotopic (exact) mass is 229 g/mol. The third kappa shape index (κ3) is 3.67. The number of hydrogen-bond donors (Lipinski definition) is 0. The van der Waals surface area contributed by atoms with Gasteiger partial charge in [0.05, 0.1) is 12.8 Å². The molecule has 5 heteroatoms. The van der Waals surface area contributed by atoms with E-state index in [4.69, 9.17) is 11.6 Å². The number of carbonyl (C=O) groups is 1. The lowest BCUT2D eigenvalue weighted by Gasteiger charge is -1.97. The van der Waals surface area contributed by atoms with Crippen molar-refractivity contribution in [3.05, 3.63) is 34.9 Å². The lowest BCUT2D eigenvalue weighted by molar-refractivity contribution is -0.137. The zero-order valence-corrected chi connectivity index (χ0v) is 8.79. The molecule has 0 aromatic carbocycles. The lowest BCUT2D eigenvalue weighted by Crippen LogP contribution is -1.98. The standard InChI is InChI=1S/C10H9ClFNO2/c1-2-15-10(14)4-3-7-5-9(11)13-6-8(7)12/h3-6H,2H2,1H3. The van der Waals surface area contributed by atoms with Crippen molar-refractivity contribution in [2.75, 3.05) is 6.61 Å². The first-order chi connectivity index (χ1) is 7.13. The van der Waals surface area contributed by atoms with E-state index in [-0.39, 0.29) is 17.3 Å². The summed E-state index contributed by atoms with van der Waals surface area (Å²) in [6, 6.07) is 1.33. The van der Waals surface area contributed by atoms with Crippen molar-refractivity contribution in [2.45, 2.75) is 6.92 Å². The normalized spacial score (nSPS) is 10.6. The number of pyridine rings is 1. The molecular weight excluding hydrogens is 221 g/mol. The molecular formula is C10H9ClFNO2. The van der Waals surface area contributed by atoms with Gasteiger partial charge in [0.2, 0.25) is 0 Å². The first kappa shape index (κ1) is 11.7. The van der Waals surface area contributed by atoms with Crippen LogP contribution in [0.15, 0.2) is 18.3 Å². The highest BCUT2D eigenvalue weighted by atomic mass is 35.5. The van der Waals surface area contributed by atoms with Crippen LogP contribution in [0.1, 0.15) is 12.5 Å². The number of aromatic nitrogens is 1. The van der Waals surface area contributed by atoms with Crippen molar-refractivity contribution >= 4 is 23.6 Å². The summed E-state index contributed by atoms with van der Waals surface area (Å²) < 4.78 is 17.7. The van der Waals surface area contributed by atoms with Gasteiger partial charge in [0.25, 0.3) is 0 Å². The molecule has 1 heterocycles. The van der Waals surface area contributed by atoms with Gasteiger partial charge in [-0.25, -0.2) is 14.2 Å². The van der Waals surface area contributed by atoms with Crippen LogP contribution in [0, 0.1) is 5.82 Å². The molecule has 3 nitrogen and oxygen atoms in total. The maximum absolute atomic E-state index is 13.1. The van der Waals surface area contributed by atoms with Crippen LogP contribution in [-0.4, -0.2) is 17.6 Å². The Morgan fingerprint density at radius 3 is 3.13 bits per heavy atom. The van der Waals surface area contributed by atoms with E-state index in [1.807, 2.05) is 0 Å². The van der Waals surface area contributed by atoms with Gasteiger partial charge in [-0.05, 0) is 19.1 Å². The second kappa shape index (κ2) is 5.46. The molecule has 0 atom stereocenters. The van der Waals surface area contributed by atoms with Gasteiger partial charge < -0.3 is 4.74 Å². The first-order valence-corrected chi connectivity index (χ1v) is 4.67. The zero-order chi connectivity index (χ0) is 11.3. The predicted octanol–water partition coefficient (Wildman–Crippen LogP) is 2.45. The molecule has 0 fully saturated rings. The average Bonchev–Trinajstić information content (AvgIpc) is 2.20. The number of halogens is 2. The third-order valence-corrected chi connectivity index (χ3v) is 1.74. The molecule has 0 N–H and O–H groups in total. The van der Waals surface area contributed by atoms with Crippen LogP contribution in [0.25, 0.3) is 6.08 Å². The molecule has 0 unspecified atom stereocenters. The van der Waals surface area contributed by atoms with Crippen LogP contribution in [0.5, 0.6) is 0 Å². The van der Waals surface area contributed by atoms with Crippen molar-refractivity contribution in [3.8, 4) is 0 Å². The van der Waals surface area contributed by atoms with Crippen LogP contribution in [-0.2, 0) is 9.53 Å². The van der Waals surface area contributed by atoms with Gasteiger partial charge in [0, 0.05) is 11.6 Å². The summed E-state index contributed by atoms with van der Waals surface area (Å²) in [4.78, 5) is 14.5. The van der Waals surface area contributed by atoms with Crippen molar-refractivity contribution in [2.24, 2.45) is 0 Å². The van der Waals surface area contributed by atoms with Crippen molar-refractivity contribution < 1.29 is 13.9 Å². The Balaban J connectivity index is 2.79. The van der Waals surface area contributed by atoms with Gasteiger partial charge in [-0.2, -0.15) is 0 Å². The molecule has 0 aliphatic carbocycles. The maximum Gasteiger partial charge on any atom is 0.330 e. The Morgan fingerprint density at radius 1 is 1.73 bits per heavy atom. The largest absolute Gasteiger partial charge is 0.463 e. The molecule has 0 aliphatic heterocycles.